The second kappa shape index (κ2) is 10.1. The van der Waals surface area contributed by atoms with Gasteiger partial charge in [0.1, 0.15) is 6.61 Å². The average Bonchev–Trinajstić information content (AvgIpc) is 3.25. The zero-order valence-corrected chi connectivity index (χ0v) is 20.0. The summed E-state index contributed by atoms with van der Waals surface area (Å²) in [6.07, 6.45) is -1.44. The van der Waals surface area contributed by atoms with E-state index in [9.17, 15) is 27.9 Å². The number of nitrogens with zero attached hydrogens (tertiary/aromatic N) is 3. The molecule has 0 bridgehead atoms. The molecule has 0 atom stereocenters. The number of amides is 2. The van der Waals surface area contributed by atoms with Crippen LogP contribution >= 0.6 is 0 Å². The standard InChI is InChI=1S/C26H27F3N4O4/c27-26(28,29)18-3-1-2-17(12-18)24(36)31-25-30-21-13-20(32-10-11-37-15-23(32)35)8-9-22(21)33(25)19-6-4-16(14-34)5-7-19/h1-3,8-9,12-13,16,19,34H,4-7,10-11,14-15H2,(H,30,31,36)/t16-,19+. The summed E-state index contributed by atoms with van der Waals surface area (Å²) >= 11 is 0. The summed E-state index contributed by atoms with van der Waals surface area (Å²) < 4.78 is 46.7. The Labute approximate surface area is 210 Å². The Balaban J connectivity index is 1.58. The number of anilines is 1. The van der Waals surface area contributed by atoms with Crippen LogP contribution in [0.15, 0.2) is 47.5 Å². The number of hydrogen-bond acceptors (Lipinski definition) is 4. The molecule has 2 aromatic carbocycles. The number of ether oxygens (including phenoxy) is 1. The number of H-pyrrole nitrogens is 1. The van der Waals surface area contributed by atoms with Gasteiger partial charge in [0.2, 0.25) is 5.62 Å². The van der Waals surface area contributed by atoms with Gasteiger partial charge in [0.15, 0.2) is 0 Å². The van der Waals surface area contributed by atoms with Gasteiger partial charge in [0.25, 0.3) is 11.8 Å². The van der Waals surface area contributed by atoms with Crippen molar-refractivity contribution < 1.29 is 32.6 Å². The summed E-state index contributed by atoms with van der Waals surface area (Å²) in [5, 5.41) is 9.54. The van der Waals surface area contributed by atoms with Gasteiger partial charge in [-0.15, -0.1) is 0 Å². The number of halogens is 3. The van der Waals surface area contributed by atoms with Gasteiger partial charge in [-0.25, -0.2) is 0 Å². The molecular formula is C26H27F3N4O4. The minimum absolute atomic E-state index is 0.00291. The molecule has 2 aliphatic rings. The van der Waals surface area contributed by atoms with Crippen LogP contribution in [-0.2, 0) is 15.7 Å². The fourth-order valence-electron chi connectivity index (χ4n) is 5.11. The van der Waals surface area contributed by atoms with Gasteiger partial charge in [-0.3, -0.25) is 9.59 Å². The molecule has 1 saturated carbocycles. The van der Waals surface area contributed by atoms with Crippen molar-refractivity contribution in [2.45, 2.75) is 37.9 Å². The van der Waals surface area contributed by atoms with Crippen LogP contribution in [0.1, 0.15) is 47.6 Å². The van der Waals surface area contributed by atoms with Gasteiger partial charge in [-0.1, -0.05) is 6.07 Å². The maximum atomic E-state index is 13.2. The van der Waals surface area contributed by atoms with Crippen molar-refractivity contribution >= 4 is 28.5 Å². The van der Waals surface area contributed by atoms with E-state index in [2.05, 4.69) is 9.98 Å². The highest BCUT2D eigenvalue weighted by atomic mass is 19.4. The molecule has 1 aromatic heterocycles. The molecule has 2 N–H and O–H groups in total. The number of carbonyl (C=O) groups is 2. The van der Waals surface area contributed by atoms with Crippen molar-refractivity contribution in [3.05, 3.63) is 59.2 Å². The zero-order chi connectivity index (χ0) is 26.2. The summed E-state index contributed by atoms with van der Waals surface area (Å²) in [6, 6.07) is 9.68. The lowest BCUT2D eigenvalue weighted by Gasteiger charge is -2.29. The smallest absolute Gasteiger partial charge is 0.396 e. The maximum Gasteiger partial charge on any atom is 0.416 e. The van der Waals surface area contributed by atoms with Gasteiger partial charge >= 0.3 is 6.18 Å². The second-order valence-electron chi connectivity index (χ2n) is 9.47. The fraction of sp³-hybridized carbons (Fsp3) is 0.423. The lowest BCUT2D eigenvalue weighted by Crippen LogP contribution is -2.41. The minimum Gasteiger partial charge on any atom is -0.396 e. The Morgan fingerprint density at radius 1 is 1.14 bits per heavy atom. The molecule has 0 radical (unpaired) electrons. The third kappa shape index (κ3) is 5.19. The summed E-state index contributed by atoms with van der Waals surface area (Å²) in [6.45, 7) is 0.965. The average molecular weight is 517 g/mol. The molecule has 2 amide bonds. The molecule has 8 nitrogen and oxygen atoms in total. The van der Waals surface area contributed by atoms with Gasteiger partial charge in [0, 0.05) is 30.4 Å². The SMILES string of the molecule is O=C(/N=c1\[nH]c2cc(N3CCOCC3=O)ccc2n1[C@H]1CC[C@@H](CO)CC1)c1cccc(C(F)(F)F)c1. The number of benzene rings is 2. The van der Waals surface area contributed by atoms with E-state index >= 15 is 0 Å². The summed E-state index contributed by atoms with van der Waals surface area (Å²) in [5.74, 6) is -0.732. The highest BCUT2D eigenvalue weighted by Gasteiger charge is 2.31. The number of carbonyl (C=O) groups excluding carboxylic acids is 2. The van der Waals surface area contributed by atoms with Crippen LogP contribution in [0.3, 0.4) is 0 Å². The lowest BCUT2D eigenvalue weighted by atomic mass is 9.86. The van der Waals surface area contributed by atoms with Crippen LogP contribution in [0.5, 0.6) is 0 Å². The van der Waals surface area contributed by atoms with Gasteiger partial charge in [-0.05, 0) is 68.0 Å². The number of aromatic nitrogens is 2. The largest absolute Gasteiger partial charge is 0.416 e. The Morgan fingerprint density at radius 3 is 2.62 bits per heavy atom. The summed E-state index contributed by atoms with van der Waals surface area (Å²) in [7, 11) is 0. The quantitative estimate of drug-likeness (QED) is 0.551. The third-order valence-corrected chi connectivity index (χ3v) is 7.10. The Morgan fingerprint density at radius 2 is 1.92 bits per heavy atom. The van der Waals surface area contributed by atoms with E-state index in [1.807, 2.05) is 22.8 Å². The van der Waals surface area contributed by atoms with Crippen molar-refractivity contribution in [1.29, 1.82) is 0 Å². The number of morpholine rings is 1. The fourth-order valence-corrected chi connectivity index (χ4v) is 5.11. The number of aliphatic hydroxyl groups is 1. The van der Waals surface area contributed by atoms with Crippen LogP contribution < -0.4 is 10.5 Å². The van der Waals surface area contributed by atoms with E-state index in [0.717, 1.165) is 43.3 Å². The third-order valence-electron chi connectivity index (χ3n) is 7.10. The molecule has 0 unspecified atom stereocenters. The highest BCUT2D eigenvalue weighted by molar-refractivity contribution is 5.97. The molecule has 3 aromatic rings. The number of nitrogens with one attached hydrogen (secondary N) is 1. The first-order chi connectivity index (χ1) is 17.7. The molecule has 1 aliphatic carbocycles. The van der Waals surface area contributed by atoms with Crippen molar-refractivity contribution in [3.8, 4) is 0 Å². The molecule has 5 rings (SSSR count). The van der Waals surface area contributed by atoms with Crippen LogP contribution in [0.4, 0.5) is 18.9 Å². The van der Waals surface area contributed by atoms with E-state index in [1.165, 1.54) is 12.1 Å². The number of hydrogen-bond donors (Lipinski definition) is 2. The first-order valence-electron chi connectivity index (χ1n) is 12.2. The van der Waals surface area contributed by atoms with Crippen LogP contribution in [-0.4, -0.2) is 52.8 Å². The Bertz CT molecular complexity index is 1390. The topological polar surface area (TPSA) is 99.9 Å². The van der Waals surface area contributed by atoms with Crippen molar-refractivity contribution in [1.82, 2.24) is 9.55 Å². The molecule has 0 spiro atoms. The molecule has 196 valence electrons. The van der Waals surface area contributed by atoms with Crippen molar-refractivity contribution in [3.63, 3.8) is 0 Å². The second-order valence-corrected chi connectivity index (χ2v) is 9.47. The normalized spacial score (nSPS) is 21.6. The minimum atomic E-state index is -4.57. The van der Waals surface area contributed by atoms with Crippen LogP contribution in [0.2, 0.25) is 0 Å². The van der Waals surface area contributed by atoms with E-state index in [4.69, 9.17) is 4.74 Å². The summed E-state index contributed by atoms with van der Waals surface area (Å²) in [5.41, 5.74) is 1.25. The molecule has 1 saturated heterocycles. The number of aromatic amines is 1. The highest BCUT2D eigenvalue weighted by Crippen LogP contribution is 2.34. The van der Waals surface area contributed by atoms with Gasteiger partial charge < -0.3 is 24.3 Å². The number of imidazole rings is 1. The molecule has 2 heterocycles. The van der Waals surface area contributed by atoms with E-state index in [-0.39, 0.29) is 42.3 Å². The van der Waals surface area contributed by atoms with E-state index in [1.54, 1.807) is 4.90 Å². The zero-order valence-electron chi connectivity index (χ0n) is 20.0. The van der Waals surface area contributed by atoms with Crippen molar-refractivity contribution in [2.24, 2.45) is 10.9 Å². The molecule has 11 heteroatoms. The number of fused-ring (bicyclic) bond motifs is 1. The first kappa shape index (κ1) is 25.2. The predicted octanol–water partition coefficient (Wildman–Crippen LogP) is 3.82. The van der Waals surface area contributed by atoms with Crippen LogP contribution in [0.25, 0.3) is 11.0 Å². The van der Waals surface area contributed by atoms with Crippen LogP contribution in [0, 0.1) is 5.92 Å². The number of alkyl halides is 3. The summed E-state index contributed by atoms with van der Waals surface area (Å²) in [4.78, 5) is 34.3. The predicted molar refractivity (Wildman–Crippen MR) is 129 cm³/mol. The lowest BCUT2D eigenvalue weighted by molar-refractivity contribution is -0.137. The van der Waals surface area contributed by atoms with Gasteiger partial charge in [-0.2, -0.15) is 18.2 Å². The maximum absolute atomic E-state index is 13.2. The van der Waals surface area contributed by atoms with Gasteiger partial charge in [0.05, 0.1) is 23.2 Å². The molecular weight excluding hydrogens is 489 g/mol. The molecule has 37 heavy (non-hydrogen) atoms. The van der Waals surface area contributed by atoms with E-state index in [0.29, 0.717) is 24.4 Å². The van der Waals surface area contributed by atoms with Crippen molar-refractivity contribution in [2.75, 3.05) is 31.3 Å². The first-order valence-corrected chi connectivity index (χ1v) is 12.2. The monoisotopic (exact) mass is 516 g/mol. The Kier molecular flexibility index (Phi) is 6.91. The molecule has 1 aliphatic heterocycles. The number of rotatable bonds is 4. The van der Waals surface area contributed by atoms with E-state index < -0.39 is 17.6 Å². The molecule has 2 fully saturated rings. The Hall–Kier alpha value is -3.44. The number of aliphatic hydroxyl groups excluding tert-OH is 1.